The molecule has 0 radical (unpaired) electrons. The van der Waals surface area contributed by atoms with Crippen LogP contribution in [0, 0.1) is 5.92 Å². The second kappa shape index (κ2) is 9.03. The van der Waals surface area contributed by atoms with Gasteiger partial charge in [-0.1, -0.05) is 6.92 Å². The van der Waals surface area contributed by atoms with Crippen molar-refractivity contribution in [1.29, 1.82) is 0 Å². The van der Waals surface area contributed by atoms with Crippen LogP contribution in [0.1, 0.15) is 38.3 Å². The zero-order valence-electron chi connectivity index (χ0n) is 15.3. The highest BCUT2D eigenvalue weighted by Crippen LogP contribution is 2.17. The fourth-order valence-corrected chi connectivity index (χ4v) is 2.85. The summed E-state index contributed by atoms with van der Waals surface area (Å²) in [5, 5.41) is 5.77. The van der Waals surface area contributed by atoms with Crippen molar-refractivity contribution in [2.75, 3.05) is 33.7 Å². The summed E-state index contributed by atoms with van der Waals surface area (Å²) in [6, 6.07) is 0.200. The summed E-state index contributed by atoms with van der Waals surface area (Å²) in [5.41, 5.74) is 0.736. The van der Waals surface area contributed by atoms with Gasteiger partial charge < -0.3 is 20.0 Å². The molecular weight excluding hydrogens is 306 g/mol. The number of piperidine rings is 1. The van der Waals surface area contributed by atoms with E-state index in [2.05, 4.69) is 34.4 Å². The highest BCUT2D eigenvalue weighted by molar-refractivity contribution is 5.73. The third kappa shape index (κ3) is 6.13. The van der Waals surface area contributed by atoms with Crippen LogP contribution in [-0.2, 0) is 13.1 Å². The second-order valence-corrected chi connectivity index (χ2v) is 7.10. The SMILES string of the molecule is CC1CCN(C(C)CNC(=O)NCc2coc(CN(C)C)n2)CC1. The zero-order valence-corrected chi connectivity index (χ0v) is 15.3. The number of oxazole rings is 1. The maximum atomic E-state index is 11.9. The molecule has 0 spiro atoms. The Morgan fingerprint density at radius 1 is 1.42 bits per heavy atom. The van der Waals surface area contributed by atoms with E-state index in [0.29, 0.717) is 31.6 Å². The Morgan fingerprint density at radius 3 is 2.79 bits per heavy atom. The quantitative estimate of drug-likeness (QED) is 0.791. The molecule has 1 aromatic heterocycles. The second-order valence-electron chi connectivity index (χ2n) is 7.10. The number of hydrogen-bond acceptors (Lipinski definition) is 5. The lowest BCUT2D eigenvalue weighted by Crippen LogP contribution is -2.47. The van der Waals surface area contributed by atoms with Crippen LogP contribution in [0.3, 0.4) is 0 Å². The smallest absolute Gasteiger partial charge is 0.315 e. The molecule has 2 amide bonds. The standard InChI is InChI=1S/C17H31N5O2/c1-13-5-7-22(8-6-13)14(2)9-18-17(23)19-10-15-12-24-16(20-15)11-21(3)4/h12-14H,5-11H2,1-4H3,(H2,18,19,23). The molecule has 1 aliphatic rings. The number of nitrogens with zero attached hydrogens (tertiary/aromatic N) is 3. The van der Waals surface area contributed by atoms with Crippen LogP contribution >= 0.6 is 0 Å². The average Bonchev–Trinajstić information content (AvgIpc) is 2.98. The van der Waals surface area contributed by atoms with Crippen LogP contribution in [-0.4, -0.2) is 60.6 Å². The number of amides is 2. The molecule has 24 heavy (non-hydrogen) atoms. The van der Waals surface area contributed by atoms with Crippen LogP contribution in [0.15, 0.2) is 10.7 Å². The molecule has 2 heterocycles. The van der Waals surface area contributed by atoms with E-state index in [1.807, 2.05) is 19.0 Å². The number of carbonyl (C=O) groups excluding carboxylic acids is 1. The van der Waals surface area contributed by atoms with Gasteiger partial charge in [0.2, 0.25) is 5.89 Å². The Morgan fingerprint density at radius 2 is 2.12 bits per heavy atom. The lowest BCUT2D eigenvalue weighted by atomic mass is 9.98. The monoisotopic (exact) mass is 337 g/mol. The van der Waals surface area contributed by atoms with E-state index in [1.54, 1.807) is 6.26 Å². The first-order valence-electron chi connectivity index (χ1n) is 8.77. The highest BCUT2D eigenvalue weighted by Gasteiger charge is 2.20. The molecule has 0 saturated carbocycles. The van der Waals surface area contributed by atoms with Gasteiger partial charge in [-0.2, -0.15) is 0 Å². The van der Waals surface area contributed by atoms with Gasteiger partial charge in [-0.05, 0) is 52.9 Å². The summed E-state index contributed by atoms with van der Waals surface area (Å²) >= 11 is 0. The van der Waals surface area contributed by atoms with Gasteiger partial charge in [0, 0.05) is 12.6 Å². The van der Waals surface area contributed by atoms with Crippen molar-refractivity contribution in [2.24, 2.45) is 5.92 Å². The Labute approximate surface area is 144 Å². The van der Waals surface area contributed by atoms with Crippen LogP contribution in [0.4, 0.5) is 4.79 Å². The maximum Gasteiger partial charge on any atom is 0.315 e. The molecule has 1 saturated heterocycles. The molecule has 1 atom stereocenters. The van der Waals surface area contributed by atoms with Crippen LogP contribution in [0.5, 0.6) is 0 Å². The summed E-state index contributed by atoms with van der Waals surface area (Å²) in [4.78, 5) is 20.7. The van der Waals surface area contributed by atoms with Crippen molar-refractivity contribution in [1.82, 2.24) is 25.4 Å². The molecule has 1 fully saturated rings. The van der Waals surface area contributed by atoms with Gasteiger partial charge in [-0.3, -0.25) is 4.90 Å². The first-order chi connectivity index (χ1) is 11.4. The highest BCUT2D eigenvalue weighted by atomic mass is 16.3. The Bertz CT molecular complexity index is 509. The van der Waals surface area contributed by atoms with Crippen molar-refractivity contribution in [2.45, 2.75) is 45.8 Å². The Hall–Kier alpha value is -1.60. The van der Waals surface area contributed by atoms with Crippen molar-refractivity contribution < 1.29 is 9.21 Å². The molecule has 0 bridgehead atoms. The van der Waals surface area contributed by atoms with Gasteiger partial charge >= 0.3 is 6.03 Å². The minimum absolute atomic E-state index is 0.163. The summed E-state index contributed by atoms with van der Waals surface area (Å²) in [5.74, 6) is 1.48. The molecule has 2 rings (SSSR count). The number of likely N-dealkylation sites (tertiary alicyclic amines) is 1. The Balaban J connectivity index is 1.65. The van der Waals surface area contributed by atoms with Gasteiger partial charge in [0.05, 0.1) is 18.8 Å². The van der Waals surface area contributed by atoms with Gasteiger partial charge in [0.15, 0.2) is 0 Å². The minimum Gasteiger partial charge on any atom is -0.447 e. The topological polar surface area (TPSA) is 73.6 Å². The van der Waals surface area contributed by atoms with Crippen LogP contribution in [0.25, 0.3) is 0 Å². The first kappa shape index (κ1) is 18.7. The maximum absolute atomic E-state index is 11.9. The van der Waals surface area contributed by atoms with Crippen molar-refractivity contribution >= 4 is 6.03 Å². The molecule has 1 aromatic rings. The summed E-state index contributed by atoms with van der Waals surface area (Å²) in [6.07, 6.45) is 4.09. The molecule has 1 unspecified atom stereocenters. The third-order valence-electron chi connectivity index (χ3n) is 4.48. The van der Waals surface area contributed by atoms with Crippen molar-refractivity contribution in [3.05, 3.63) is 17.8 Å². The molecule has 136 valence electrons. The molecule has 1 aliphatic heterocycles. The van der Waals surface area contributed by atoms with Crippen LogP contribution < -0.4 is 10.6 Å². The fourth-order valence-electron chi connectivity index (χ4n) is 2.85. The van der Waals surface area contributed by atoms with E-state index in [9.17, 15) is 4.79 Å². The van der Waals surface area contributed by atoms with Gasteiger partial charge in [-0.15, -0.1) is 0 Å². The van der Waals surface area contributed by atoms with E-state index >= 15 is 0 Å². The van der Waals surface area contributed by atoms with E-state index < -0.39 is 0 Å². The zero-order chi connectivity index (χ0) is 17.5. The molecular formula is C17H31N5O2. The summed E-state index contributed by atoms with van der Waals surface area (Å²) in [6.45, 7) is 8.41. The lowest BCUT2D eigenvalue weighted by Gasteiger charge is -2.34. The largest absolute Gasteiger partial charge is 0.447 e. The summed E-state index contributed by atoms with van der Waals surface area (Å²) < 4.78 is 5.36. The number of nitrogens with one attached hydrogen (secondary N) is 2. The Kier molecular flexibility index (Phi) is 7.05. The van der Waals surface area contributed by atoms with Crippen molar-refractivity contribution in [3.63, 3.8) is 0 Å². The minimum atomic E-state index is -0.163. The predicted octanol–water partition coefficient (Wildman–Crippen LogP) is 1.66. The third-order valence-corrected chi connectivity index (χ3v) is 4.48. The molecule has 2 N–H and O–H groups in total. The van der Waals surface area contributed by atoms with Gasteiger partial charge in [0.1, 0.15) is 6.26 Å². The van der Waals surface area contributed by atoms with Gasteiger partial charge in [-0.25, -0.2) is 9.78 Å². The van der Waals surface area contributed by atoms with E-state index in [0.717, 1.165) is 24.7 Å². The number of hydrogen-bond donors (Lipinski definition) is 2. The van der Waals surface area contributed by atoms with E-state index in [4.69, 9.17) is 4.42 Å². The molecule has 0 aromatic carbocycles. The number of urea groups is 1. The van der Waals surface area contributed by atoms with Crippen molar-refractivity contribution in [3.8, 4) is 0 Å². The number of carbonyl (C=O) groups is 1. The van der Waals surface area contributed by atoms with Gasteiger partial charge in [0.25, 0.3) is 0 Å². The normalized spacial score (nSPS) is 17.9. The number of rotatable bonds is 7. The fraction of sp³-hybridized carbons (Fsp3) is 0.765. The number of aromatic nitrogens is 1. The molecule has 7 nitrogen and oxygen atoms in total. The first-order valence-corrected chi connectivity index (χ1v) is 8.77. The molecule has 0 aliphatic carbocycles. The lowest BCUT2D eigenvalue weighted by molar-refractivity contribution is 0.145. The average molecular weight is 337 g/mol. The van der Waals surface area contributed by atoms with Crippen LogP contribution in [0.2, 0.25) is 0 Å². The van der Waals surface area contributed by atoms with E-state index in [1.165, 1.54) is 12.8 Å². The molecule has 7 heteroatoms. The van der Waals surface area contributed by atoms with E-state index in [-0.39, 0.29) is 6.03 Å². The summed E-state index contributed by atoms with van der Waals surface area (Å²) in [7, 11) is 3.92. The predicted molar refractivity (Wildman–Crippen MR) is 93.6 cm³/mol.